The number of hydrogen-bond acceptors (Lipinski definition) is 7. The van der Waals surface area contributed by atoms with Crippen LogP contribution in [-0.4, -0.2) is 54.4 Å². The average molecular weight is 327 g/mol. The van der Waals surface area contributed by atoms with Crippen molar-refractivity contribution in [2.75, 3.05) is 26.5 Å². The Morgan fingerprint density at radius 2 is 2.27 bits per heavy atom. The van der Waals surface area contributed by atoms with E-state index in [2.05, 4.69) is 10.5 Å². The van der Waals surface area contributed by atoms with E-state index in [1.165, 1.54) is 18.9 Å². The van der Waals surface area contributed by atoms with Crippen molar-refractivity contribution in [1.82, 2.24) is 10.3 Å². The van der Waals surface area contributed by atoms with Gasteiger partial charge in [-0.25, -0.2) is 5.43 Å². The van der Waals surface area contributed by atoms with Crippen LogP contribution in [0, 0.1) is 5.92 Å². The molecule has 7 nitrogen and oxygen atoms in total. The van der Waals surface area contributed by atoms with Gasteiger partial charge in [0.1, 0.15) is 11.5 Å². The highest BCUT2D eigenvalue weighted by atomic mass is 32.2. The van der Waals surface area contributed by atoms with Gasteiger partial charge in [-0.15, -0.1) is 0 Å². The van der Waals surface area contributed by atoms with Crippen LogP contribution < -0.4 is 5.43 Å². The lowest BCUT2D eigenvalue weighted by atomic mass is 10.0. The number of allylic oxidation sites excluding steroid dienone is 2. The minimum Gasteiger partial charge on any atom is -0.499 e. The highest BCUT2D eigenvalue weighted by Crippen LogP contribution is 2.17. The zero-order valence-electron chi connectivity index (χ0n) is 13.2. The lowest BCUT2D eigenvalue weighted by Gasteiger charge is -2.24. The number of nitrogens with zero attached hydrogens (tertiary/aromatic N) is 2. The molecule has 1 heterocycles. The van der Waals surface area contributed by atoms with E-state index >= 15 is 0 Å². The van der Waals surface area contributed by atoms with Crippen LogP contribution in [-0.2, 0) is 14.3 Å². The molecule has 0 aromatic rings. The second-order valence-electron chi connectivity index (χ2n) is 4.99. The maximum Gasteiger partial charge on any atom is 0.299 e. The molecule has 122 valence electrons. The number of carbonyl (C=O) groups excluding carboxylic acids is 3. The van der Waals surface area contributed by atoms with E-state index < -0.39 is 5.78 Å². The molecule has 1 aliphatic heterocycles. The van der Waals surface area contributed by atoms with Crippen LogP contribution in [0.15, 0.2) is 16.6 Å². The number of thioether (sulfide) groups is 1. The lowest BCUT2D eigenvalue weighted by Crippen LogP contribution is -2.31. The Balaban J connectivity index is 2.67. The van der Waals surface area contributed by atoms with Gasteiger partial charge in [0.2, 0.25) is 5.78 Å². The molecule has 8 heteroatoms. The number of aldehydes is 1. The third-order valence-corrected chi connectivity index (χ3v) is 4.26. The standard InChI is InChI=1S/C14H21N3O4S/c1-9(11-8-22-14(20)16-15-11)5-6-17(3)13(10(2)21-4)12(19)7-18/h7,9H,5-6,8H2,1-4H3,(H,16,20)/b13-10-/t9-/m0/s1. The van der Waals surface area contributed by atoms with Crippen molar-refractivity contribution in [3.63, 3.8) is 0 Å². The van der Waals surface area contributed by atoms with Crippen molar-refractivity contribution in [2.24, 2.45) is 11.0 Å². The summed E-state index contributed by atoms with van der Waals surface area (Å²) in [4.78, 5) is 35.2. The average Bonchev–Trinajstić information content (AvgIpc) is 2.52. The molecular formula is C14H21N3O4S. The molecule has 0 aromatic heterocycles. The molecule has 0 aliphatic carbocycles. The number of ketones is 1. The van der Waals surface area contributed by atoms with Gasteiger partial charge in [0.05, 0.1) is 12.8 Å². The second kappa shape index (κ2) is 8.57. The molecule has 1 rings (SSSR count). The first-order valence-electron chi connectivity index (χ1n) is 6.85. The van der Waals surface area contributed by atoms with Crippen LogP contribution in [0.3, 0.4) is 0 Å². The molecule has 0 fully saturated rings. The molecule has 1 atom stereocenters. The van der Waals surface area contributed by atoms with Crippen LogP contribution in [0.4, 0.5) is 4.79 Å². The summed E-state index contributed by atoms with van der Waals surface area (Å²) in [7, 11) is 3.20. The Hall–Kier alpha value is -1.83. The molecule has 0 saturated heterocycles. The highest BCUT2D eigenvalue weighted by Gasteiger charge is 2.21. The first-order chi connectivity index (χ1) is 10.4. The highest BCUT2D eigenvalue weighted by molar-refractivity contribution is 8.14. The fourth-order valence-corrected chi connectivity index (χ4v) is 2.76. The molecule has 1 N–H and O–H groups in total. The van der Waals surface area contributed by atoms with Crippen LogP contribution in [0.1, 0.15) is 20.3 Å². The smallest absolute Gasteiger partial charge is 0.299 e. The number of rotatable bonds is 8. The summed E-state index contributed by atoms with van der Waals surface area (Å²) in [5.41, 5.74) is 3.62. The third-order valence-electron chi connectivity index (χ3n) is 3.47. The first-order valence-corrected chi connectivity index (χ1v) is 7.84. The van der Waals surface area contributed by atoms with Gasteiger partial charge in [-0.1, -0.05) is 18.7 Å². The van der Waals surface area contributed by atoms with Crippen LogP contribution in [0.2, 0.25) is 0 Å². The number of methoxy groups -OCH3 is 1. The summed E-state index contributed by atoms with van der Waals surface area (Å²) in [6, 6.07) is 0. The monoisotopic (exact) mass is 327 g/mol. The van der Waals surface area contributed by atoms with Gasteiger partial charge < -0.3 is 9.64 Å². The van der Waals surface area contributed by atoms with E-state index in [-0.39, 0.29) is 23.1 Å². The van der Waals surface area contributed by atoms with Crippen LogP contribution in [0.5, 0.6) is 0 Å². The number of carbonyl (C=O) groups is 3. The molecule has 0 saturated carbocycles. The van der Waals surface area contributed by atoms with Crippen molar-refractivity contribution in [1.29, 1.82) is 0 Å². The quantitative estimate of drug-likeness (QED) is 0.314. The van der Waals surface area contributed by atoms with Crippen molar-refractivity contribution in [3.8, 4) is 0 Å². The van der Waals surface area contributed by atoms with Gasteiger partial charge in [0.15, 0.2) is 6.29 Å². The van der Waals surface area contributed by atoms with Gasteiger partial charge in [-0.2, -0.15) is 5.10 Å². The van der Waals surface area contributed by atoms with E-state index in [1.807, 2.05) is 6.92 Å². The Morgan fingerprint density at radius 3 is 2.77 bits per heavy atom. The zero-order chi connectivity index (χ0) is 16.7. The summed E-state index contributed by atoms with van der Waals surface area (Å²) in [6.07, 6.45) is 1.02. The molecule has 1 aliphatic rings. The largest absolute Gasteiger partial charge is 0.499 e. The molecule has 0 unspecified atom stereocenters. The number of amides is 1. The Labute approximate surface area is 134 Å². The predicted molar refractivity (Wildman–Crippen MR) is 85.6 cm³/mol. The summed E-state index contributed by atoms with van der Waals surface area (Å²) in [5.74, 6) is 0.535. The Bertz CT molecular complexity index is 516. The van der Waals surface area contributed by atoms with E-state index in [1.54, 1.807) is 18.9 Å². The van der Waals surface area contributed by atoms with Gasteiger partial charge >= 0.3 is 0 Å². The first kappa shape index (κ1) is 18.2. The molecule has 0 bridgehead atoms. The number of likely N-dealkylation sites (N-methyl/N-ethyl adjacent to an activating group) is 1. The van der Waals surface area contributed by atoms with Crippen LogP contribution >= 0.6 is 11.8 Å². The van der Waals surface area contributed by atoms with Crippen molar-refractivity contribution in [2.45, 2.75) is 20.3 Å². The van der Waals surface area contributed by atoms with Gasteiger partial charge in [-0.05, 0) is 19.3 Å². The Kier molecular flexibility index (Phi) is 7.10. The summed E-state index contributed by atoms with van der Waals surface area (Å²) >= 11 is 1.19. The minimum atomic E-state index is -0.604. The molecule has 0 radical (unpaired) electrons. The molecule has 0 aromatic carbocycles. The number of hydrazone groups is 1. The number of nitrogens with one attached hydrogen (secondary N) is 1. The molecule has 0 spiro atoms. The van der Waals surface area contributed by atoms with Crippen molar-refractivity contribution in [3.05, 3.63) is 11.5 Å². The van der Waals surface area contributed by atoms with Gasteiger partial charge in [-0.3, -0.25) is 14.4 Å². The summed E-state index contributed by atoms with van der Waals surface area (Å²) in [5, 5.41) is 3.91. The Morgan fingerprint density at radius 1 is 1.59 bits per heavy atom. The van der Waals surface area contributed by atoms with Crippen molar-refractivity contribution >= 4 is 34.8 Å². The van der Waals surface area contributed by atoms with E-state index in [0.717, 1.165) is 12.1 Å². The topological polar surface area (TPSA) is 88.1 Å². The van der Waals surface area contributed by atoms with E-state index in [9.17, 15) is 14.4 Å². The SMILES string of the molecule is CO/C(C)=C(/C(=O)C=O)N(C)CC[C@H](C)C1=NNC(=O)SC1. The van der Waals surface area contributed by atoms with Gasteiger partial charge in [0.25, 0.3) is 5.24 Å². The molecule has 22 heavy (non-hydrogen) atoms. The summed E-state index contributed by atoms with van der Waals surface area (Å²) < 4.78 is 5.08. The minimum absolute atomic E-state index is 0.148. The number of hydrogen-bond donors (Lipinski definition) is 1. The summed E-state index contributed by atoms with van der Waals surface area (Å²) in [6.45, 7) is 4.22. The lowest BCUT2D eigenvalue weighted by molar-refractivity contribution is -0.128. The van der Waals surface area contributed by atoms with Gasteiger partial charge in [0, 0.05) is 19.3 Å². The molecule has 1 amide bonds. The zero-order valence-corrected chi connectivity index (χ0v) is 14.0. The fraction of sp³-hybridized carbons (Fsp3) is 0.571. The molecular weight excluding hydrogens is 306 g/mol. The van der Waals surface area contributed by atoms with E-state index in [0.29, 0.717) is 18.1 Å². The fourth-order valence-electron chi connectivity index (χ4n) is 2.02. The predicted octanol–water partition coefficient (Wildman–Crippen LogP) is 1.40. The number of ether oxygens (including phenoxy) is 1. The number of Topliss-reactive ketones (excluding diaryl/α,β-unsaturated/α-hetero) is 1. The maximum atomic E-state index is 11.7. The third kappa shape index (κ3) is 4.87. The second-order valence-corrected chi connectivity index (χ2v) is 5.94. The van der Waals surface area contributed by atoms with Crippen LogP contribution in [0.25, 0.3) is 0 Å². The maximum absolute atomic E-state index is 11.7. The van der Waals surface area contributed by atoms with Crippen molar-refractivity contribution < 1.29 is 19.1 Å². The normalized spacial score (nSPS) is 16.9. The van der Waals surface area contributed by atoms with E-state index in [4.69, 9.17) is 4.74 Å².